The van der Waals surface area contributed by atoms with Crippen LogP contribution in [0, 0.1) is 0 Å². The summed E-state index contributed by atoms with van der Waals surface area (Å²) in [6, 6.07) is 7.36. The summed E-state index contributed by atoms with van der Waals surface area (Å²) < 4.78 is 1.54. The van der Waals surface area contributed by atoms with Crippen LogP contribution in [-0.4, -0.2) is 15.0 Å². The highest BCUT2D eigenvalue weighted by Gasteiger charge is 2.02. The number of hydrogen-bond donors (Lipinski definition) is 1. The first-order valence-electron chi connectivity index (χ1n) is 3.70. The number of halogens is 1. The molecule has 1 aromatic carbocycles. The molecule has 13 heavy (non-hydrogen) atoms. The van der Waals surface area contributed by atoms with Crippen LogP contribution in [0.5, 0.6) is 0 Å². The minimum Gasteiger partial charge on any atom is -0.381 e. The second-order valence-electron chi connectivity index (χ2n) is 2.54. The van der Waals surface area contributed by atoms with E-state index in [1.807, 2.05) is 18.2 Å². The smallest absolute Gasteiger partial charge is 0.166 e. The molecule has 2 N–H and O–H groups in total. The topological polar surface area (TPSA) is 56.7 Å². The number of hydrogen-bond acceptors (Lipinski definition) is 3. The molecule has 0 spiro atoms. The summed E-state index contributed by atoms with van der Waals surface area (Å²) in [6.07, 6.45) is 1.61. The lowest BCUT2D eigenvalue weighted by molar-refractivity contribution is 0.804. The van der Waals surface area contributed by atoms with Gasteiger partial charge in [0.1, 0.15) is 0 Å². The number of anilines is 1. The summed E-state index contributed by atoms with van der Waals surface area (Å²) in [4.78, 5) is 0. The van der Waals surface area contributed by atoms with Crippen molar-refractivity contribution >= 4 is 17.4 Å². The Balaban J connectivity index is 2.52. The van der Waals surface area contributed by atoms with Crippen LogP contribution in [0.3, 0.4) is 0 Å². The predicted molar refractivity (Wildman–Crippen MR) is 50.8 cm³/mol. The average molecular weight is 195 g/mol. The van der Waals surface area contributed by atoms with E-state index in [1.165, 1.54) is 4.68 Å². The molecule has 0 fully saturated rings. The van der Waals surface area contributed by atoms with Gasteiger partial charge in [0.25, 0.3) is 0 Å². The summed E-state index contributed by atoms with van der Waals surface area (Å²) in [7, 11) is 0. The van der Waals surface area contributed by atoms with Crippen LogP contribution in [-0.2, 0) is 0 Å². The fourth-order valence-corrected chi connectivity index (χ4v) is 1.25. The fraction of sp³-hybridized carbons (Fsp3) is 0. The number of nitrogens with zero attached hydrogens (tertiary/aromatic N) is 3. The average Bonchev–Trinajstić information content (AvgIpc) is 2.53. The summed E-state index contributed by atoms with van der Waals surface area (Å²) >= 11 is 5.94. The van der Waals surface area contributed by atoms with Gasteiger partial charge in [-0.3, -0.25) is 0 Å². The van der Waals surface area contributed by atoms with Gasteiger partial charge in [0.15, 0.2) is 5.82 Å². The lowest BCUT2D eigenvalue weighted by atomic mass is 10.3. The standard InChI is InChI=1S/C8H7ClN4/c9-6-3-1-2-4-7(6)13-5-8(10)11-12-13/h1-5H,10H2. The first-order valence-corrected chi connectivity index (χ1v) is 4.08. The van der Waals surface area contributed by atoms with E-state index in [0.29, 0.717) is 10.8 Å². The van der Waals surface area contributed by atoms with Gasteiger partial charge < -0.3 is 5.73 Å². The Morgan fingerprint density at radius 2 is 2.08 bits per heavy atom. The van der Waals surface area contributed by atoms with Gasteiger partial charge in [-0.1, -0.05) is 28.9 Å². The lowest BCUT2D eigenvalue weighted by Gasteiger charge is -2.00. The van der Waals surface area contributed by atoms with Crippen molar-refractivity contribution in [2.24, 2.45) is 0 Å². The van der Waals surface area contributed by atoms with Crippen molar-refractivity contribution in [3.8, 4) is 5.69 Å². The summed E-state index contributed by atoms with van der Waals surface area (Å²) in [6.45, 7) is 0. The highest BCUT2D eigenvalue weighted by Crippen LogP contribution is 2.18. The van der Waals surface area contributed by atoms with Gasteiger partial charge in [-0.2, -0.15) is 0 Å². The third kappa shape index (κ3) is 1.48. The molecule has 1 heterocycles. The van der Waals surface area contributed by atoms with Crippen molar-refractivity contribution in [1.82, 2.24) is 15.0 Å². The fourth-order valence-electron chi connectivity index (χ4n) is 1.03. The molecule has 0 amide bonds. The number of para-hydroxylation sites is 1. The molecule has 0 bridgehead atoms. The monoisotopic (exact) mass is 194 g/mol. The minimum absolute atomic E-state index is 0.375. The van der Waals surface area contributed by atoms with E-state index in [0.717, 1.165) is 5.69 Å². The Morgan fingerprint density at radius 1 is 1.31 bits per heavy atom. The Bertz CT molecular complexity index is 424. The van der Waals surface area contributed by atoms with Crippen LogP contribution in [0.2, 0.25) is 5.02 Å². The van der Waals surface area contributed by atoms with Crippen molar-refractivity contribution in [2.45, 2.75) is 0 Å². The van der Waals surface area contributed by atoms with Crippen molar-refractivity contribution < 1.29 is 0 Å². The largest absolute Gasteiger partial charge is 0.381 e. The van der Waals surface area contributed by atoms with Gasteiger partial charge in [-0.05, 0) is 12.1 Å². The quantitative estimate of drug-likeness (QED) is 0.749. The van der Waals surface area contributed by atoms with Crippen molar-refractivity contribution in [1.29, 1.82) is 0 Å². The molecule has 0 saturated heterocycles. The Morgan fingerprint density at radius 3 is 2.69 bits per heavy atom. The van der Waals surface area contributed by atoms with Crippen LogP contribution in [0.4, 0.5) is 5.82 Å². The summed E-state index contributed by atoms with van der Waals surface area (Å²) in [5.41, 5.74) is 6.20. The molecule has 0 aliphatic rings. The molecule has 2 aromatic rings. The molecular formula is C8H7ClN4. The van der Waals surface area contributed by atoms with Crippen LogP contribution >= 0.6 is 11.6 Å². The highest BCUT2D eigenvalue weighted by atomic mass is 35.5. The third-order valence-electron chi connectivity index (χ3n) is 1.61. The molecule has 0 aliphatic carbocycles. The zero-order chi connectivity index (χ0) is 9.26. The van der Waals surface area contributed by atoms with E-state index in [-0.39, 0.29) is 0 Å². The van der Waals surface area contributed by atoms with Gasteiger partial charge in [0.2, 0.25) is 0 Å². The first-order chi connectivity index (χ1) is 6.27. The number of aromatic nitrogens is 3. The number of rotatable bonds is 1. The van der Waals surface area contributed by atoms with E-state index < -0.39 is 0 Å². The molecule has 1 aromatic heterocycles. The van der Waals surface area contributed by atoms with Crippen molar-refractivity contribution in [2.75, 3.05) is 5.73 Å². The number of nitrogens with two attached hydrogens (primary N) is 1. The van der Waals surface area contributed by atoms with Crippen LogP contribution < -0.4 is 5.73 Å². The molecule has 2 rings (SSSR count). The molecule has 4 nitrogen and oxygen atoms in total. The normalized spacial score (nSPS) is 10.2. The van der Waals surface area contributed by atoms with Crippen LogP contribution in [0.15, 0.2) is 30.5 Å². The second kappa shape index (κ2) is 3.06. The molecule has 0 aliphatic heterocycles. The van der Waals surface area contributed by atoms with Gasteiger partial charge >= 0.3 is 0 Å². The van der Waals surface area contributed by atoms with Gasteiger partial charge in [0.05, 0.1) is 16.9 Å². The molecule has 0 atom stereocenters. The van der Waals surface area contributed by atoms with E-state index in [9.17, 15) is 0 Å². The van der Waals surface area contributed by atoms with Gasteiger partial charge in [-0.15, -0.1) is 5.10 Å². The second-order valence-corrected chi connectivity index (χ2v) is 2.95. The van der Waals surface area contributed by atoms with Crippen molar-refractivity contribution in [3.63, 3.8) is 0 Å². The van der Waals surface area contributed by atoms with E-state index in [4.69, 9.17) is 17.3 Å². The number of nitrogen functional groups attached to an aromatic ring is 1. The Kier molecular flexibility index (Phi) is 1.90. The summed E-state index contributed by atoms with van der Waals surface area (Å²) in [5, 5.41) is 8.09. The minimum atomic E-state index is 0.375. The van der Waals surface area contributed by atoms with Gasteiger partial charge in [0, 0.05) is 0 Å². The Labute approximate surface area is 79.9 Å². The zero-order valence-electron chi connectivity index (χ0n) is 6.68. The number of benzene rings is 1. The molecule has 66 valence electrons. The van der Waals surface area contributed by atoms with E-state index in [1.54, 1.807) is 12.3 Å². The predicted octanol–water partition coefficient (Wildman–Crippen LogP) is 1.50. The third-order valence-corrected chi connectivity index (χ3v) is 1.93. The first kappa shape index (κ1) is 8.07. The van der Waals surface area contributed by atoms with E-state index >= 15 is 0 Å². The van der Waals surface area contributed by atoms with Crippen LogP contribution in [0.25, 0.3) is 5.69 Å². The lowest BCUT2D eigenvalue weighted by Crippen LogP contribution is -1.95. The van der Waals surface area contributed by atoms with Gasteiger partial charge in [-0.25, -0.2) is 4.68 Å². The summed E-state index contributed by atoms with van der Waals surface area (Å²) in [5.74, 6) is 0.375. The van der Waals surface area contributed by atoms with E-state index in [2.05, 4.69) is 10.3 Å². The maximum absolute atomic E-state index is 5.94. The molecule has 5 heteroatoms. The molecule has 0 radical (unpaired) electrons. The maximum atomic E-state index is 5.94. The SMILES string of the molecule is Nc1cn(-c2ccccc2Cl)nn1. The molecule has 0 saturated carbocycles. The maximum Gasteiger partial charge on any atom is 0.166 e. The van der Waals surface area contributed by atoms with Crippen molar-refractivity contribution in [3.05, 3.63) is 35.5 Å². The molecular weight excluding hydrogens is 188 g/mol. The Hall–Kier alpha value is -1.55. The highest BCUT2D eigenvalue weighted by molar-refractivity contribution is 6.32. The van der Waals surface area contributed by atoms with Crippen LogP contribution in [0.1, 0.15) is 0 Å². The zero-order valence-corrected chi connectivity index (χ0v) is 7.44. The molecule has 0 unspecified atom stereocenters.